The standard InChI is InChI=1S/C17H23NOS/c1-13(2)12-17(19)18-9-8-16(20-11-10-18)15-7-5-4-6-14(15)3/h4-7,12,16H,8-11H2,1-3H3/t16-/m1/s1. The number of hydrogen-bond donors (Lipinski definition) is 0. The normalized spacial score (nSPS) is 19.4. The second kappa shape index (κ2) is 6.98. The maximum Gasteiger partial charge on any atom is 0.246 e. The number of carbonyl (C=O) groups excluding carboxylic acids is 1. The monoisotopic (exact) mass is 289 g/mol. The van der Waals surface area contributed by atoms with Crippen molar-refractivity contribution in [3.8, 4) is 0 Å². The van der Waals surface area contributed by atoms with Gasteiger partial charge in [0.1, 0.15) is 0 Å². The molecule has 0 saturated carbocycles. The molecule has 2 nitrogen and oxygen atoms in total. The molecule has 1 atom stereocenters. The van der Waals surface area contributed by atoms with E-state index in [-0.39, 0.29) is 5.91 Å². The Morgan fingerprint density at radius 2 is 2.05 bits per heavy atom. The highest BCUT2D eigenvalue weighted by molar-refractivity contribution is 7.99. The molecule has 0 radical (unpaired) electrons. The first-order chi connectivity index (χ1) is 9.58. The van der Waals surface area contributed by atoms with Gasteiger partial charge in [-0.3, -0.25) is 4.79 Å². The van der Waals surface area contributed by atoms with Crippen LogP contribution in [0.3, 0.4) is 0 Å². The van der Waals surface area contributed by atoms with Crippen molar-refractivity contribution in [2.45, 2.75) is 32.4 Å². The molecule has 108 valence electrons. The molecule has 0 aliphatic carbocycles. The van der Waals surface area contributed by atoms with Crippen molar-refractivity contribution in [2.24, 2.45) is 0 Å². The summed E-state index contributed by atoms with van der Waals surface area (Å²) in [4.78, 5) is 14.1. The molecule has 0 unspecified atom stereocenters. The van der Waals surface area contributed by atoms with Crippen LogP contribution in [-0.4, -0.2) is 29.6 Å². The number of rotatable bonds is 2. The molecule has 0 N–H and O–H groups in total. The Labute approximate surface area is 126 Å². The zero-order chi connectivity index (χ0) is 14.5. The second-order valence-electron chi connectivity index (χ2n) is 5.55. The predicted octanol–water partition coefficient (Wildman–Crippen LogP) is 3.97. The van der Waals surface area contributed by atoms with Gasteiger partial charge in [0.15, 0.2) is 0 Å². The minimum Gasteiger partial charge on any atom is -0.338 e. The molecule has 1 heterocycles. The van der Waals surface area contributed by atoms with Gasteiger partial charge in [-0.25, -0.2) is 0 Å². The molecule has 1 aliphatic heterocycles. The molecule has 2 rings (SSSR count). The molecule has 0 spiro atoms. The number of nitrogens with zero attached hydrogens (tertiary/aromatic N) is 1. The van der Waals surface area contributed by atoms with Crippen LogP contribution in [0.15, 0.2) is 35.9 Å². The molecule has 1 amide bonds. The lowest BCUT2D eigenvalue weighted by molar-refractivity contribution is -0.125. The van der Waals surface area contributed by atoms with Crippen molar-refractivity contribution in [3.05, 3.63) is 47.0 Å². The molecule has 1 fully saturated rings. The average Bonchev–Trinajstić information content (AvgIpc) is 2.64. The Morgan fingerprint density at radius 3 is 2.75 bits per heavy atom. The van der Waals surface area contributed by atoms with E-state index in [0.717, 1.165) is 30.8 Å². The van der Waals surface area contributed by atoms with Crippen molar-refractivity contribution in [1.29, 1.82) is 0 Å². The highest BCUT2D eigenvalue weighted by atomic mass is 32.2. The number of benzene rings is 1. The molecular formula is C17H23NOS. The Hall–Kier alpha value is -1.22. The molecular weight excluding hydrogens is 266 g/mol. The highest BCUT2D eigenvalue weighted by Gasteiger charge is 2.21. The molecule has 1 saturated heterocycles. The van der Waals surface area contributed by atoms with E-state index in [9.17, 15) is 4.79 Å². The number of carbonyl (C=O) groups is 1. The van der Waals surface area contributed by atoms with Crippen molar-refractivity contribution in [3.63, 3.8) is 0 Å². The number of allylic oxidation sites excluding steroid dienone is 1. The van der Waals surface area contributed by atoms with E-state index in [4.69, 9.17) is 0 Å². The maximum absolute atomic E-state index is 12.1. The lowest BCUT2D eigenvalue weighted by Gasteiger charge is -2.19. The quantitative estimate of drug-likeness (QED) is 0.768. The molecule has 1 aromatic carbocycles. The molecule has 1 aromatic rings. The average molecular weight is 289 g/mol. The summed E-state index contributed by atoms with van der Waals surface area (Å²) in [6.07, 6.45) is 2.79. The van der Waals surface area contributed by atoms with Crippen LogP contribution in [0.1, 0.15) is 36.6 Å². The van der Waals surface area contributed by atoms with E-state index in [2.05, 4.69) is 31.2 Å². The van der Waals surface area contributed by atoms with Crippen LogP contribution in [0.5, 0.6) is 0 Å². The Kier molecular flexibility index (Phi) is 5.30. The summed E-state index contributed by atoms with van der Waals surface area (Å²) in [5, 5.41) is 0.515. The van der Waals surface area contributed by atoms with Gasteiger partial charge in [0, 0.05) is 30.2 Å². The van der Waals surface area contributed by atoms with E-state index in [1.807, 2.05) is 30.5 Å². The summed E-state index contributed by atoms with van der Waals surface area (Å²) in [7, 11) is 0. The third-order valence-electron chi connectivity index (χ3n) is 3.60. The van der Waals surface area contributed by atoms with Crippen LogP contribution in [0.2, 0.25) is 0 Å². The summed E-state index contributed by atoms with van der Waals surface area (Å²) in [5.41, 5.74) is 3.85. The van der Waals surface area contributed by atoms with Gasteiger partial charge in [-0.15, -0.1) is 0 Å². The third kappa shape index (κ3) is 3.89. The maximum atomic E-state index is 12.1. The summed E-state index contributed by atoms with van der Waals surface area (Å²) >= 11 is 1.98. The van der Waals surface area contributed by atoms with Gasteiger partial charge >= 0.3 is 0 Å². The first-order valence-corrected chi connectivity index (χ1v) is 8.23. The molecule has 20 heavy (non-hydrogen) atoms. The largest absolute Gasteiger partial charge is 0.338 e. The predicted molar refractivity (Wildman–Crippen MR) is 87.0 cm³/mol. The van der Waals surface area contributed by atoms with Gasteiger partial charge in [0.05, 0.1) is 0 Å². The molecule has 1 aliphatic rings. The van der Waals surface area contributed by atoms with Crippen LogP contribution >= 0.6 is 11.8 Å². The first kappa shape index (κ1) is 15.2. The number of amides is 1. The number of aryl methyl sites for hydroxylation is 1. The minimum absolute atomic E-state index is 0.163. The highest BCUT2D eigenvalue weighted by Crippen LogP contribution is 2.35. The SMILES string of the molecule is CC(C)=CC(=O)N1CCS[C@@H](c2ccccc2C)CC1. The number of hydrogen-bond acceptors (Lipinski definition) is 2. The lowest BCUT2D eigenvalue weighted by atomic mass is 10.0. The fourth-order valence-electron chi connectivity index (χ4n) is 2.53. The van der Waals surface area contributed by atoms with Gasteiger partial charge in [-0.05, 0) is 38.3 Å². The molecule has 0 bridgehead atoms. The smallest absolute Gasteiger partial charge is 0.246 e. The van der Waals surface area contributed by atoms with Crippen molar-refractivity contribution in [2.75, 3.05) is 18.8 Å². The number of thioether (sulfide) groups is 1. The van der Waals surface area contributed by atoms with Crippen molar-refractivity contribution in [1.82, 2.24) is 4.90 Å². The first-order valence-electron chi connectivity index (χ1n) is 7.19. The van der Waals surface area contributed by atoms with Crippen LogP contribution < -0.4 is 0 Å². The van der Waals surface area contributed by atoms with E-state index in [1.165, 1.54) is 11.1 Å². The van der Waals surface area contributed by atoms with Gasteiger partial charge in [-0.2, -0.15) is 11.8 Å². The third-order valence-corrected chi connectivity index (χ3v) is 4.91. The summed E-state index contributed by atoms with van der Waals surface area (Å²) < 4.78 is 0. The molecule has 0 aromatic heterocycles. The summed E-state index contributed by atoms with van der Waals surface area (Å²) in [5.74, 6) is 1.18. The topological polar surface area (TPSA) is 20.3 Å². The molecule has 3 heteroatoms. The lowest BCUT2D eigenvalue weighted by Crippen LogP contribution is -2.31. The minimum atomic E-state index is 0.163. The van der Waals surface area contributed by atoms with Gasteiger partial charge < -0.3 is 4.90 Å². The van der Waals surface area contributed by atoms with E-state index in [1.54, 1.807) is 6.08 Å². The zero-order valence-electron chi connectivity index (χ0n) is 12.6. The van der Waals surface area contributed by atoms with Crippen molar-refractivity contribution >= 4 is 17.7 Å². The summed E-state index contributed by atoms with van der Waals surface area (Å²) in [6.45, 7) is 7.83. The Bertz CT molecular complexity index is 505. The van der Waals surface area contributed by atoms with Gasteiger partial charge in [0.2, 0.25) is 5.91 Å². The van der Waals surface area contributed by atoms with Crippen LogP contribution in [0, 0.1) is 6.92 Å². The Morgan fingerprint density at radius 1 is 1.30 bits per heavy atom. The van der Waals surface area contributed by atoms with Crippen LogP contribution in [-0.2, 0) is 4.79 Å². The van der Waals surface area contributed by atoms with E-state index < -0.39 is 0 Å². The summed E-state index contributed by atoms with van der Waals surface area (Å²) in [6, 6.07) is 8.60. The fraction of sp³-hybridized carbons (Fsp3) is 0.471. The fourth-order valence-corrected chi connectivity index (χ4v) is 3.85. The zero-order valence-corrected chi connectivity index (χ0v) is 13.4. The van der Waals surface area contributed by atoms with Crippen LogP contribution in [0.4, 0.5) is 0 Å². The van der Waals surface area contributed by atoms with Crippen molar-refractivity contribution < 1.29 is 4.79 Å². The van der Waals surface area contributed by atoms with E-state index >= 15 is 0 Å². The Balaban J connectivity index is 2.04. The van der Waals surface area contributed by atoms with Gasteiger partial charge in [-0.1, -0.05) is 29.8 Å². The second-order valence-corrected chi connectivity index (χ2v) is 6.86. The van der Waals surface area contributed by atoms with E-state index in [0.29, 0.717) is 5.25 Å². The van der Waals surface area contributed by atoms with Crippen LogP contribution in [0.25, 0.3) is 0 Å². The van der Waals surface area contributed by atoms with Gasteiger partial charge in [0.25, 0.3) is 0 Å².